The molecular weight excluding hydrogens is 318 g/mol. The Morgan fingerprint density at radius 1 is 1.32 bits per heavy atom. The maximum Gasteiger partial charge on any atom is 0.410 e. The molecule has 0 spiro atoms. The van der Waals surface area contributed by atoms with Gasteiger partial charge in [-0.1, -0.05) is 0 Å². The monoisotopic (exact) mass is 341 g/mol. The summed E-state index contributed by atoms with van der Waals surface area (Å²) in [5, 5.41) is 0. The molecule has 0 radical (unpaired) electrons. The number of rotatable bonds is 1. The van der Waals surface area contributed by atoms with Crippen molar-refractivity contribution in [2.45, 2.75) is 45.1 Å². The molecule has 4 rings (SSSR count). The summed E-state index contributed by atoms with van der Waals surface area (Å²) in [6.45, 7) is 7.08. The summed E-state index contributed by atoms with van der Waals surface area (Å²) in [7, 11) is 0. The molecular formula is C18H23N5O2. The number of aromatic amines is 1. The van der Waals surface area contributed by atoms with Crippen LogP contribution in [0, 0.1) is 0 Å². The van der Waals surface area contributed by atoms with Crippen molar-refractivity contribution in [1.29, 1.82) is 0 Å². The van der Waals surface area contributed by atoms with Gasteiger partial charge in [0.25, 0.3) is 0 Å². The number of nitrogens with zero attached hydrogens (tertiary/aromatic N) is 4. The van der Waals surface area contributed by atoms with Crippen molar-refractivity contribution in [3.8, 4) is 0 Å². The van der Waals surface area contributed by atoms with Gasteiger partial charge in [-0.2, -0.15) is 0 Å². The molecule has 0 aromatic carbocycles. The number of imidazole rings is 1. The number of aromatic nitrogens is 4. The number of piperidine rings is 1. The topological polar surface area (TPSA) is 75.5 Å². The van der Waals surface area contributed by atoms with Crippen molar-refractivity contribution in [3.63, 3.8) is 0 Å². The van der Waals surface area contributed by atoms with Crippen LogP contribution in [0.25, 0.3) is 16.8 Å². The lowest BCUT2D eigenvalue weighted by molar-refractivity contribution is 0.0204. The zero-order valence-corrected chi connectivity index (χ0v) is 14.8. The molecule has 0 unspecified atom stereocenters. The van der Waals surface area contributed by atoms with Crippen molar-refractivity contribution in [3.05, 3.63) is 30.4 Å². The standard InChI is InChI=1S/C18H23N5O2/c1-18(2,3)25-17(24)22-8-5-12(6-9-22)13-11-23-14-4-7-19-16(14)20-10-15(23)21-13/h4,7,10-12,19H,5-6,8-9H2,1-3H3. The van der Waals surface area contributed by atoms with Gasteiger partial charge in [-0.15, -0.1) is 0 Å². The number of carbonyl (C=O) groups excluding carboxylic acids is 1. The van der Waals surface area contributed by atoms with Crippen LogP contribution in [0.2, 0.25) is 0 Å². The minimum Gasteiger partial charge on any atom is -0.444 e. The number of hydrogen-bond donors (Lipinski definition) is 1. The van der Waals surface area contributed by atoms with E-state index < -0.39 is 5.60 Å². The Labute approximate surface area is 146 Å². The van der Waals surface area contributed by atoms with E-state index in [0.717, 1.165) is 35.3 Å². The summed E-state index contributed by atoms with van der Waals surface area (Å²) in [5.41, 5.74) is 3.36. The van der Waals surface area contributed by atoms with Crippen LogP contribution in [-0.4, -0.2) is 49.0 Å². The Morgan fingerprint density at radius 2 is 2.08 bits per heavy atom. The van der Waals surface area contributed by atoms with Crippen LogP contribution in [0.5, 0.6) is 0 Å². The highest BCUT2D eigenvalue weighted by Crippen LogP contribution is 2.29. The third-order valence-electron chi connectivity index (χ3n) is 4.59. The predicted octanol–water partition coefficient (Wildman–Crippen LogP) is 3.33. The third-order valence-corrected chi connectivity index (χ3v) is 4.59. The van der Waals surface area contributed by atoms with Gasteiger partial charge in [0, 0.05) is 31.4 Å². The molecule has 3 aromatic heterocycles. The summed E-state index contributed by atoms with van der Waals surface area (Å²) < 4.78 is 7.54. The molecule has 1 aliphatic rings. The zero-order valence-electron chi connectivity index (χ0n) is 14.8. The van der Waals surface area contributed by atoms with E-state index in [4.69, 9.17) is 9.72 Å². The highest BCUT2D eigenvalue weighted by molar-refractivity contribution is 5.74. The second-order valence-electron chi connectivity index (χ2n) is 7.61. The van der Waals surface area contributed by atoms with Crippen LogP contribution in [0.3, 0.4) is 0 Å². The Bertz CT molecular complexity index is 912. The van der Waals surface area contributed by atoms with E-state index in [-0.39, 0.29) is 6.09 Å². The third kappa shape index (κ3) is 3.06. The molecule has 7 nitrogen and oxygen atoms in total. The van der Waals surface area contributed by atoms with Crippen LogP contribution in [0.4, 0.5) is 4.79 Å². The molecule has 4 heterocycles. The van der Waals surface area contributed by atoms with E-state index in [1.807, 2.05) is 33.0 Å². The number of nitrogens with one attached hydrogen (secondary N) is 1. The van der Waals surface area contributed by atoms with E-state index in [9.17, 15) is 4.79 Å². The highest BCUT2D eigenvalue weighted by Gasteiger charge is 2.28. The smallest absolute Gasteiger partial charge is 0.410 e. The zero-order chi connectivity index (χ0) is 17.6. The van der Waals surface area contributed by atoms with Crippen LogP contribution in [0.15, 0.2) is 24.7 Å². The molecule has 1 saturated heterocycles. The summed E-state index contributed by atoms with van der Waals surface area (Å²) in [5.74, 6) is 0.354. The summed E-state index contributed by atoms with van der Waals surface area (Å²) in [4.78, 5) is 26.2. The number of amides is 1. The van der Waals surface area contributed by atoms with Gasteiger partial charge >= 0.3 is 6.09 Å². The number of fused-ring (bicyclic) bond motifs is 3. The van der Waals surface area contributed by atoms with Gasteiger partial charge in [-0.25, -0.2) is 14.8 Å². The van der Waals surface area contributed by atoms with Crippen LogP contribution in [-0.2, 0) is 4.74 Å². The van der Waals surface area contributed by atoms with Crippen LogP contribution < -0.4 is 0 Å². The Balaban J connectivity index is 1.49. The maximum atomic E-state index is 12.2. The fourth-order valence-electron chi connectivity index (χ4n) is 3.35. The maximum absolute atomic E-state index is 12.2. The van der Waals surface area contributed by atoms with Gasteiger partial charge in [0.15, 0.2) is 11.3 Å². The second kappa shape index (κ2) is 5.75. The van der Waals surface area contributed by atoms with Gasteiger partial charge in [-0.05, 0) is 39.7 Å². The molecule has 7 heteroatoms. The minimum absolute atomic E-state index is 0.223. The molecule has 0 bridgehead atoms. The summed E-state index contributed by atoms with van der Waals surface area (Å²) >= 11 is 0. The molecule has 25 heavy (non-hydrogen) atoms. The van der Waals surface area contributed by atoms with Crippen molar-refractivity contribution >= 4 is 22.9 Å². The molecule has 1 N–H and O–H groups in total. The van der Waals surface area contributed by atoms with Crippen molar-refractivity contribution in [2.75, 3.05) is 13.1 Å². The molecule has 1 aliphatic heterocycles. The molecule has 1 amide bonds. The Kier molecular flexibility index (Phi) is 3.67. The minimum atomic E-state index is -0.454. The number of H-pyrrole nitrogens is 1. The fourth-order valence-corrected chi connectivity index (χ4v) is 3.35. The summed E-state index contributed by atoms with van der Waals surface area (Å²) in [6, 6.07) is 2.01. The van der Waals surface area contributed by atoms with Gasteiger partial charge < -0.3 is 14.6 Å². The van der Waals surface area contributed by atoms with Crippen LogP contribution >= 0.6 is 0 Å². The Morgan fingerprint density at radius 3 is 2.80 bits per heavy atom. The highest BCUT2D eigenvalue weighted by atomic mass is 16.6. The largest absolute Gasteiger partial charge is 0.444 e. The lowest BCUT2D eigenvalue weighted by Gasteiger charge is -2.32. The normalized spacial score (nSPS) is 16.7. The first-order chi connectivity index (χ1) is 11.9. The predicted molar refractivity (Wildman–Crippen MR) is 94.6 cm³/mol. The number of likely N-dealkylation sites (tertiary alicyclic amines) is 1. The molecule has 0 saturated carbocycles. The van der Waals surface area contributed by atoms with Gasteiger partial charge in [0.05, 0.1) is 17.4 Å². The SMILES string of the molecule is CC(C)(C)OC(=O)N1CCC(c2cn3c(cnc4[nH]ccc43)n2)CC1. The molecule has 0 atom stereocenters. The van der Waals surface area contributed by atoms with E-state index >= 15 is 0 Å². The van der Waals surface area contributed by atoms with Crippen molar-refractivity contribution < 1.29 is 9.53 Å². The second-order valence-corrected chi connectivity index (χ2v) is 7.61. The number of ether oxygens (including phenoxy) is 1. The van der Waals surface area contributed by atoms with Crippen LogP contribution in [0.1, 0.15) is 45.2 Å². The van der Waals surface area contributed by atoms with Crippen molar-refractivity contribution in [1.82, 2.24) is 24.3 Å². The molecule has 1 fully saturated rings. The molecule has 132 valence electrons. The van der Waals surface area contributed by atoms with Gasteiger partial charge in [0.1, 0.15) is 5.60 Å². The summed E-state index contributed by atoms with van der Waals surface area (Å²) in [6.07, 6.45) is 7.34. The van der Waals surface area contributed by atoms with E-state index in [0.29, 0.717) is 19.0 Å². The average molecular weight is 341 g/mol. The molecule has 3 aromatic rings. The lowest BCUT2D eigenvalue weighted by Crippen LogP contribution is -2.41. The first kappa shape index (κ1) is 15.9. The van der Waals surface area contributed by atoms with Crippen molar-refractivity contribution in [2.24, 2.45) is 0 Å². The lowest BCUT2D eigenvalue weighted by atomic mass is 9.94. The first-order valence-electron chi connectivity index (χ1n) is 8.70. The molecule has 0 aliphatic carbocycles. The van der Waals surface area contributed by atoms with E-state index in [2.05, 4.69) is 20.6 Å². The average Bonchev–Trinajstić information content (AvgIpc) is 3.19. The quantitative estimate of drug-likeness (QED) is 0.737. The first-order valence-corrected chi connectivity index (χ1v) is 8.70. The van der Waals surface area contributed by atoms with Gasteiger partial charge in [0.2, 0.25) is 0 Å². The van der Waals surface area contributed by atoms with E-state index in [1.54, 1.807) is 11.1 Å². The number of carbonyl (C=O) groups is 1. The van der Waals surface area contributed by atoms with E-state index in [1.165, 1.54) is 0 Å². The fraction of sp³-hybridized carbons (Fsp3) is 0.500. The number of hydrogen-bond acceptors (Lipinski definition) is 4. The van der Waals surface area contributed by atoms with Gasteiger partial charge in [-0.3, -0.25) is 4.40 Å². The Hall–Kier alpha value is -2.57.